The van der Waals surface area contributed by atoms with Gasteiger partial charge in [0.1, 0.15) is 5.82 Å². The number of hydrogen-bond donors (Lipinski definition) is 1. The summed E-state index contributed by atoms with van der Waals surface area (Å²) >= 11 is 13.3. The first-order valence-corrected chi connectivity index (χ1v) is 7.79. The number of halogens is 2. The van der Waals surface area contributed by atoms with Gasteiger partial charge in [-0.25, -0.2) is 4.98 Å². The van der Waals surface area contributed by atoms with Crippen LogP contribution in [-0.2, 0) is 10.5 Å². The number of carbonyl (C=O) groups is 1. The molecule has 1 amide bonds. The van der Waals surface area contributed by atoms with Gasteiger partial charge in [0.05, 0.1) is 15.8 Å². The van der Waals surface area contributed by atoms with Crippen molar-refractivity contribution in [3.05, 3.63) is 58.2 Å². The van der Waals surface area contributed by atoms with Crippen LogP contribution in [0, 0.1) is 0 Å². The van der Waals surface area contributed by atoms with Crippen LogP contribution in [0.3, 0.4) is 0 Å². The summed E-state index contributed by atoms with van der Waals surface area (Å²) in [6, 6.07) is 10.8. The van der Waals surface area contributed by atoms with Crippen molar-refractivity contribution >= 4 is 46.7 Å². The number of carbonyl (C=O) groups excluding carboxylic acids is 1. The zero-order valence-corrected chi connectivity index (χ0v) is 12.8. The molecule has 0 radical (unpaired) electrons. The zero-order valence-electron chi connectivity index (χ0n) is 10.5. The molecule has 0 aliphatic heterocycles. The molecule has 0 fully saturated rings. The summed E-state index contributed by atoms with van der Waals surface area (Å²) in [5.41, 5.74) is 1.04. The summed E-state index contributed by atoms with van der Waals surface area (Å²) in [6.07, 6.45) is 1.64. The Kier molecular flexibility index (Phi) is 5.71. The van der Waals surface area contributed by atoms with Crippen LogP contribution in [0.15, 0.2) is 42.6 Å². The highest BCUT2D eigenvalue weighted by Gasteiger charge is 2.04. The van der Waals surface area contributed by atoms with Crippen LogP contribution in [0.2, 0.25) is 10.0 Å². The van der Waals surface area contributed by atoms with Crippen molar-refractivity contribution in [3.63, 3.8) is 0 Å². The molecule has 2 aromatic rings. The number of anilines is 1. The van der Waals surface area contributed by atoms with Gasteiger partial charge in [-0.15, -0.1) is 11.8 Å². The topological polar surface area (TPSA) is 42.0 Å². The Labute approximate surface area is 131 Å². The van der Waals surface area contributed by atoms with Crippen LogP contribution in [0.4, 0.5) is 5.82 Å². The first-order chi connectivity index (χ1) is 9.65. The van der Waals surface area contributed by atoms with Gasteiger partial charge in [0.2, 0.25) is 5.91 Å². The Morgan fingerprint density at radius 2 is 2.05 bits per heavy atom. The van der Waals surface area contributed by atoms with E-state index in [2.05, 4.69) is 10.3 Å². The number of amides is 1. The van der Waals surface area contributed by atoms with Gasteiger partial charge in [0.15, 0.2) is 0 Å². The summed E-state index contributed by atoms with van der Waals surface area (Å²) in [5.74, 6) is 1.55. The first-order valence-electron chi connectivity index (χ1n) is 5.88. The largest absolute Gasteiger partial charge is 0.310 e. The number of aromatic nitrogens is 1. The van der Waals surface area contributed by atoms with Crippen molar-refractivity contribution in [2.24, 2.45) is 0 Å². The van der Waals surface area contributed by atoms with Crippen LogP contribution in [0.5, 0.6) is 0 Å². The van der Waals surface area contributed by atoms with E-state index >= 15 is 0 Å². The lowest BCUT2D eigenvalue weighted by molar-refractivity contribution is -0.113. The molecule has 0 aliphatic carbocycles. The van der Waals surface area contributed by atoms with E-state index in [9.17, 15) is 4.79 Å². The molecule has 20 heavy (non-hydrogen) atoms. The Morgan fingerprint density at radius 1 is 1.20 bits per heavy atom. The molecule has 1 aromatic carbocycles. The van der Waals surface area contributed by atoms with Gasteiger partial charge in [-0.1, -0.05) is 35.3 Å². The van der Waals surface area contributed by atoms with E-state index in [-0.39, 0.29) is 5.91 Å². The molecule has 6 heteroatoms. The van der Waals surface area contributed by atoms with Gasteiger partial charge < -0.3 is 5.32 Å². The van der Waals surface area contributed by atoms with Gasteiger partial charge in [0.25, 0.3) is 0 Å². The van der Waals surface area contributed by atoms with Crippen molar-refractivity contribution in [1.82, 2.24) is 4.98 Å². The van der Waals surface area contributed by atoms with E-state index in [0.717, 1.165) is 5.56 Å². The SMILES string of the molecule is O=C(CSCc1ccc(Cl)c(Cl)c1)Nc1ccccn1. The van der Waals surface area contributed by atoms with E-state index in [1.807, 2.05) is 18.2 Å². The van der Waals surface area contributed by atoms with Crippen molar-refractivity contribution in [2.75, 3.05) is 11.1 Å². The molecule has 1 N–H and O–H groups in total. The van der Waals surface area contributed by atoms with E-state index in [1.54, 1.807) is 24.4 Å². The molecule has 0 saturated carbocycles. The summed E-state index contributed by atoms with van der Waals surface area (Å²) in [4.78, 5) is 15.7. The second-order valence-electron chi connectivity index (χ2n) is 4.00. The van der Waals surface area contributed by atoms with Crippen molar-refractivity contribution in [3.8, 4) is 0 Å². The van der Waals surface area contributed by atoms with Crippen LogP contribution < -0.4 is 5.32 Å². The van der Waals surface area contributed by atoms with Crippen molar-refractivity contribution in [2.45, 2.75) is 5.75 Å². The molecule has 1 heterocycles. The van der Waals surface area contributed by atoms with Crippen LogP contribution >= 0.6 is 35.0 Å². The van der Waals surface area contributed by atoms with E-state index < -0.39 is 0 Å². The lowest BCUT2D eigenvalue weighted by atomic mass is 10.2. The number of thioether (sulfide) groups is 1. The lowest BCUT2D eigenvalue weighted by Gasteiger charge is -2.05. The quantitative estimate of drug-likeness (QED) is 0.892. The van der Waals surface area contributed by atoms with Gasteiger partial charge >= 0.3 is 0 Å². The van der Waals surface area contributed by atoms with E-state index in [0.29, 0.717) is 27.4 Å². The highest BCUT2D eigenvalue weighted by molar-refractivity contribution is 7.99. The molecule has 0 saturated heterocycles. The fourth-order valence-corrected chi connectivity index (χ4v) is 2.60. The summed E-state index contributed by atoms with van der Waals surface area (Å²) < 4.78 is 0. The Balaban J connectivity index is 1.78. The number of rotatable bonds is 5. The molecule has 0 aliphatic rings. The zero-order chi connectivity index (χ0) is 14.4. The average molecular weight is 327 g/mol. The smallest absolute Gasteiger partial charge is 0.235 e. The summed E-state index contributed by atoms with van der Waals surface area (Å²) in [5, 5.41) is 3.80. The number of nitrogens with one attached hydrogen (secondary N) is 1. The third-order valence-corrected chi connectivity index (χ3v) is 4.16. The molecular formula is C14H12Cl2N2OS. The summed E-state index contributed by atoms with van der Waals surface area (Å²) in [6.45, 7) is 0. The first kappa shape index (κ1) is 15.2. The predicted molar refractivity (Wildman–Crippen MR) is 85.5 cm³/mol. The molecule has 1 aromatic heterocycles. The molecule has 0 unspecified atom stereocenters. The predicted octanol–water partition coefficient (Wildman–Crippen LogP) is 4.26. The van der Waals surface area contributed by atoms with Crippen LogP contribution in [0.25, 0.3) is 0 Å². The second-order valence-corrected chi connectivity index (χ2v) is 5.80. The van der Waals surface area contributed by atoms with Gasteiger partial charge in [-0.2, -0.15) is 0 Å². The monoisotopic (exact) mass is 326 g/mol. The Hall–Kier alpha value is -1.23. The van der Waals surface area contributed by atoms with Gasteiger partial charge in [0, 0.05) is 11.9 Å². The van der Waals surface area contributed by atoms with E-state index in [4.69, 9.17) is 23.2 Å². The maximum atomic E-state index is 11.7. The Morgan fingerprint density at radius 3 is 2.75 bits per heavy atom. The molecule has 0 bridgehead atoms. The minimum atomic E-state index is -0.0752. The third-order valence-electron chi connectivity index (χ3n) is 2.42. The number of nitrogens with zero attached hydrogens (tertiary/aromatic N) is 1. The van der Waals surface area contributed by atoms with E-state index in [1.165, 1.54) is 11.8 Å². The van der Waals surface area contributed by atoms with Gasteiger partial charge in [-0.3, -0.25) is 4.79 Å². The molecular weight excluding hydrogens is 315 g/mol. The number of hydrogen-bond acceptors (Lipinski definition) is 3. The second kappa shape index (κ2) is 7.53. The molecule has 0 spiro atoms. The minimum absolute atomic E-state index is 0.0752. The third kappa shape index (κ3) is 4.71. The summed E-state index contributed by atoms with van der Waals surface area (Å²) in [7, 11) is 0. The Bertz CT molecular complexity index is 593. The van der Waals surface area contributed by atoms with Gasteiger partial charge in [-0.05, 0) is 29.8 Å². The molecule has 0 atom stereocenters. The number of pyridine rings is 1. The highest BCUT2D eigenvalue weighted by atomic mass is 35.5. The fraction of sp³-hybridized carbons (Fsp3) is 0.143. The fourth-order valence-electron chi connectivity index (χ4n) is 1.51. The van der Waals surface area contributed by atoms with Crippen molar-refractivity contribution < 1.29 is 4.79 Å². The van der Waals surface area contributed by atoms with Crippen LogP contribution in [0.1, 0.15) is 5.56 Å². The van der Waals surface area contributed by atoms with Crippen molar-refractivity contribution in [1.29, 1.82) is 0 Å². The standard InChI is InChI=1S/C14H12Cl2N2OS/c15-11-5-4-10(7-12(11)16)8-20-9-14(19)18-13-3-1-2-6-17-13/h1-7H,8-9H2,(H,17,18,19). The molecule has 2 rings (SSSR count). The average Bonchev–Trinajstić information content (AvgIpc) is 2.44. The molecule has 104 valence electrons. The van der Waals surface area contributed by atoms with Crippen LogP contribution in [-0.4, -0.2) is 16.6 Å². The minimum Gasteiger partial charge on any atom is -0.310 e. The molecule has 3 nitrogen and oxygen atoms in total. The maximum Gasteiger partial charge on any atom is 0.235 e. The normalized spacial score (nSPS) is 10.3. The highest BCUT2D eigenvalue weighted by Crippen LogP contribution is 2.24. The lowest BCUT2D eigenvalue weighted by Crippen LogP contribution is -2.14. The maximum absolute atomic E-state index is 11.7. The number of benzene rings is 1.